The Kier molecular flexibility index (Phi) is 7.27. The van der Waals surface area contributed by atoms with Gasteiger partial charge in [-0.05, 0) is 48.9 Å². The Morgan fingerprint density at radius 3 is 2.57 bits per heavy atom. The monoisotopic (exact) mass is 490 g/mol. The van der Waals surface area contributed by atoms with Crippen LogP contribution in [0.1, 0.15) is 21.7 Å². The van der Waals surface area contributed by atoms with E-state index in [2.05, 4.69) is 26.0 Å². The van der Waals surface area contributed by atoms with E-state index in [-0.39, 0.29) is 17.6 Å². The lowest BCUT2D eigenvalue weighted by molar-refractivity contribution is 0.0958. The van der Waals surface area contributed by atoms with Crippen molar-refractivity contribution in [2.24, 2.45) is 0 Å². The summed E-state index contributed by atoms with van der Waals surface area (Å²) < 4.78 is 7.50. The number of hydrogen-bond donors (Lipinski definition) is 3. The van der Waals surface area contributed by atoms with Gasteiger partial charge in [0.15, 0.2) is 5.82 Å². The van der Waals surface area contributed by atoms with Gasteiger partial charge in [0.05, 0.1) is 5.69 Å². The highest BCUT2D eigenvalue weighted by Gasteiger charge is 2.10. The molecule has 0 spiro atoms. The molecule has 3 N–H and O–H groups in total. The lowest BCUT2D eigenvalue weighted by Gasteiger charge is -2.09. The average Bonchev–Trinajstić information content (AvgIpc) is 3.23. The van der Waals surface area contributed by atoms with E-state index in [0.717, 1.165) is 16.9 Å². The number of aryl methyl sites for hydroxylation is 1. The number of nitrogens with zero attached hydrogens (tertiary/aromatic N) is 3. The van der Waals surface area contributed by atoms with Gasteiger partial charge in [0.1, 0.15) is 17.2 Å². The number of hydrogen-bond acceptors (Lipinski definition) is 5. The molecule has 0 saturated carbocycles. The van der Waals surface area contributed by atoms with Crippen LogP contribution in [0.15, 0.2) is 72.9 Å². The minimum Gasteiger partial charge on any atom is -0.457 e. The Balaban J connectivity index is 1.31. The number of pyridine rings is 1. The third-order valence-corrected chi connectivity index (χ3v) is 5.22. The van der Waals surface area contributed by atoms with Crippen molar-refractivity contribution in [3.8, 4) is 17.2 Å². The molecule has 0 atom stereocenters. The minimum absolute atomic E-state index is 0.268. The quantitative estimate of drug-likeness (QED) is 0.347. The Labute approximate surface area is 207 Å². The van der Waals surface area contributed by atoms with Gasteiger partial charge in [0.25, 0.3) is 5.91 Å². The number of benzene rings is 2. The summed E-state index contributed by atoms with van der Waals surface area (Å²) in [5, 5.41) is 13.1. The molecular formula is C25H23ClN6O3. The van der Waals surface area contributed by atoms with E-state index in [4.69, 9.17) is 16.3 Å². The van der Waals surface area contributed by atoms with Gasteiger partial charge in [-0.2, -0.15) is 0 Å². The summed E-state index contributed by atoms with van der Waals surface area (Å²) in [6.07, 6.45) is 1.51. The van der Waals surface area contributed by atoms with Crippen LogP contribution in [0.3, 0.4) is 0 Å². The van der Waals surface area contributed by atoms with Crippen LogP contribution in [0.5, 0.6) is 11.5 Å². The maximum Gasteiger partial charge on any atom is 0.320 e. The fraction of sp³-hybridized carbons (Fsp3) is 0.120. The Hall–Kier alpha value is -4.37. The number of nitrogens with one attached hydrogen (secondary N) is 3. The number of halogens is 1. The van der Waals surface area contributed by atoms with Crippen LogP contribution in [-0.4, -0.2) is 33.8 Å². The number of ether oxygens (including phenoxy) is 1. The summed E-state index contributed by atoms with van der Waals surface area (Å²) in [4.78, 5) is 28.1. The first-order chi connectivity index (χ1) is 16.9. The van der Waals surface area contributed by atoms with Crippen molar-refractivity contribution >= 4 is 29.4 Å². The fourth-order valence-electron chi connectivity index (χ4n) is 3.29. The molecule has 35 heavy (non-hydrogen) atoms. The second kappa shape index (κ2) is 10.7. The van der Waals surface area contributed by atoms with Gasteiger partial charge in [-0.1, -0.05) is 29.8 Å². The van der Waals surface area contributed by atoms with Gasteiger partial charge < -0.3 is 15.4 Å². The van der Waals surface area contributed by atoms with E-state index < -0.39 is 0 Å². The summed E-state index contributed by atoms with van der Waals surface area (Å²) in [5.41, 5.74) is 2.82. The molecule has 2 aromatic carbocycles. The molecular weight excluding hydrogens is 468 g/mol. The molecule has 0 bridgehead atoms. The number of carbonyl (C=O) groups excluding carboxylic acids is 2. The van der Waals surface area contributed by atoms with Gasteiger partial charge in [0.2, 0.25) is 0 Å². The fourth-order valence-corrected chi connectivity index (χ4v) is 3.47. The molecule has 9 nitrogen and oxygen atoms in total. The molecule has 0 fully saturated rings. The number of amides is 3. The van der Waals surface area contributed by atoms with Crippen molar-refractivity contribution in [2.45, 2.75) is 13.5 Å². The molecule has 3 amide bonds. The number of anilines is 1. The van der Waals surface area contributed by atoms with E-state index in [1.165, 1.54) is 6.20 Å². The zero-order chi connectivity index (χ0) is 24.8. The summed E-state index contributed by atoms with van der Waals surface area (Å²) in [7, 11) is 1.54. The first-order valence-electron chi connectivity index (χ1n) is 10.7. The topological polar surface area (TPSA) is 110 Å². The number of urea groups is 1. The maximum atomic E-state index is 12.4. The predicted molar refractivity (Wildman–Crippen MR) is 133 cm³/mol. The number of aromatic nitrogens is 3. The van der Waals surface area contributed by atoms with Crippen molar-refractivity contribution in [2.75, 3.05) is 12.4 Å². The normalized spacial score (nSPS) is 10.5. The highest BCUT2D eigenvalue weighted by molar-refractivity contribution is 6.30. The van der Waals surface area contributed by atoms with Gasteiger partial charge in [-0.15, -0.1) is 5.10 Å². The third-order valence-electron chi connectivity index (χ3n) is 4.99. The smallest absolute Gasteiger partial charge is 0.320 e. The molecule has 10 heteroatoms. The van der Waals surface area contributed by atoms with E-state index in [1.807, 2.05) is 31.2 Å². The zero-order valence-corrected chi connectivity index (χ0v) is 19.8. The Bertz CT molecular complexity index is 1350. The van der Waals surface area contributed by atoms with E-state index in [1.54, 1.807) is 54.2 Å². The lowest BCUT2D eigenvalue weighted by atomic mass is 10.2. The Morgan fingerprint density at radius 1 is 1.03 bits per heavy atom. The second-order valence-electron chi connectivity index (χ2n) is 7.57. The molecule has 0 aliphatic rings. The predicted octanol–water partition coefficient (Wildman–Crippen LogP) is 4.70. The average molecular weight is 491 g/mol. The minimum atomic E-state index is -0.375. The van der Waals surface area contributed by atoms with Gasteiger partial charge in [0, 0.05) is 42.6 Å². The SMILES string of the molecule is CNC(=O)c1cc(Oc2ccc(CNC(=O)Nc3cc(C)n(-c4cccc(Cl)c4)n3)cc2)ccn1. The maximum absolute atomic E-state index is 12.4. The highest BCUT2D eigenvalue weighted by Crippen LogP contribution is 2.22. The van der Waals surface area contributed by atoms with E-state index in [9.17, 15) is 9.59 Å². The molecule has 2 heterocycles. The molecule has 0 saturated heterocycles. The molecule has 178 valence electrons. The largest absolute Gasteiger partial charge is 0.457 e. The molecule has 0 aliphatic carbocycles. The highest BCUT2D eigenvalue weighted by atomic mass is 35.5. The van der Waals surface area contributed by atoms with Gasteiger partial charge in [-0.3, -0.25) is 15.1 Å². The molecule has 0 unspecified atom stereocenters. The summed E-state index contributed by atoms with van der Waals surface area (Å²) in [5.74, 6) is 1.23. The zero-order valence-electron chi connectivity index (χ0n) is 19.1. The third kappa shape index (κ3) is 6.15. The van der Waals surface area contributed by atoms with Crippen LogP contribution < -0.4 is 20.7 Å². The standard InChI is InChI=1S/C25H23ClN6O3/c1-16-12-23(31-32(16)19-5-3-4-18(26)13-19)30-25(34)29-15-17-6-8-20(9-7-17)35-21-10-11-28-22(14-21)24(33)27-2/h3-14H,15H2,1-2H3,(H,27,33)(H2,29,30,31,34). The molecule has 4 aromatic rings. The Morgan fingerprint density at radius 2 is 1.83 bits per heavy atom. The first kappa shape index (κ1) is 23.8. The van der Waals surface area contributed by atoms with Crippen molar-refractivity contribution in [3.63, 3.8) is 0 Å². The van der Waals surface area contributed by atoms with Crippen molar-refractivity contribution in [1.29, 1.82) is 0 Å². The van der Waals surface area contributed by atoms with E-state index >= 15 is 0 Å². The van der Waals surface area contributed by atoms with Crippen LogP contribution in [-0.2, 0) is 6.54 Å². The lowest BCUT2D eigenvalue weighted by Crippen LogP contribution is -2.28. The molecule has 0 radical (unpaired) electrons. The molecule has 4 rings (SSSR count). The first-order valence-corrected chi connectivity index (χ1v) is 11.1. The number of rotatable bonds is 7. The van der Waals surface area contributed by atoms with Crippen LogP contribution >= 0.6 is 11.6 Å². The van der Waals surface area contributed by atoms with Crippen LogP contribution in [0.25, 0.3) is 5.69 Å². The summed E-state index contributed by atoms with van der Waals surface area (Å²) >= 11 is 6.07. The summed E-state index contributed by atoms with van der Waals surface area (Å²) in [6.45, 7) is 2.21. The van der Waals surface area contributed by atoms with Crippen molar-refractivity contribution in [1.82, 2.24) is 25.4 Å². The summed E-state index contributed by atoms with van der Waals surface area (Å²) in [6, 6.07) is 19.2. The molecule has 0 aliphatic heterocycles. The van der Waals surface area contributed by atoms with Crippen LogP contribution in [0.4, 0.5) is 10.6 Å². The van der Waals surface area contributed by atoms with Gasteiger partial charge in [-0.25, -0.2) is 9.48 Å². The van der Waals surface area contributed by atoms with Crippen molar-refractivity contribution in [3.05, 3.63) is 94.9 Å². The number of carbonyl (C=O) groups is 2. The van der Waals surface area contributed by atoms with E-state index in [0.29, 0.717) is 28.9 Å². The van der Waals surface area contributed by atoms with Crippen LogP contribution in [0.2, 0.25) is 5.02 Å². The van der Waals surface area contributed by atoms with Crippen molar-refractivity contribution < 1.29 is 14.3 Å². The molecule has 2 aromatic heterocycles. The van der Waals surface area contributed by atoms with Gasteiger partial charge >= 0.3 is 6.03 Å². The second-order valence-corrected chi connectivity index (χ2v) is 8.01. The van der Waals surface area contributed by atoms with Crippen LogP contribution in [0, 0.1) is 6.92 Å².